The zero-order valence-corrected chi connectivity index (χ0v) is 12.1. The van der Waals surface area contributed by atoms with Gasteiger partial charge in [-0.2, -0.15) is 0 Å². The van der Waals surface area contributed by atoms with E-state index in [9.17, 15) is 4.79 Å². The van der Waals surface area contributed by atoms with Crippen molar-refractivity contribution in [1.82, 2.24) is 0 Å². The Hall–Kier alpha value is -2.29. The Balaban J connectivity index is 1.96. The second-order valence-electron chi connectivity index (χ2n) is 5.36. The molecule has 2 aromatic carbocycles. The Morgan fingerprint density at radius 2 is 2.05 bits per heavy atom. The van der Waals surface area contributed by atoms with Crippen molar-refractivity contribution in [2.45, 2.75) is 32.6 Å². The molecule has 3 rings (SSSR count). The minimum atomic E-state index is -0.805. The summed E-state index contributed by atoms with van der Waals surface area (Å²) < 4.78 is 6.06. The van der Waals surface area contributed by atoms with E-state index < -0.39 is 5.97 Å². The number of aryl methyl sites for hydroxylation is 2. The number of aliphatic carboxylic acids is 1. The third-order valence-electron chi connectivity index (χ3n) is 3.96. The average Bonchev–Trinajstić information content (AvgIpc) is 2.65. The molecule has 1 heterocycles. The molecule has 0 fully saturated rings. The second kappa shape index (κ2) is 5.60. The van der Waals surface area contributed by atoms with Crippen molar-refractivity contribution in [3.05, 3.63) is 58.7 Å². The summed E-state index contributed by atoms with van der Waals surface area (Å²) in [7, 11) is 0. The van der Waals surface area contributed by atoms with Crippen LogP contribution in [0, 0.1) is 0 Å². The number of carboxylic acid groups (broad SMARTS) is 1. The van der Waals surface area contributed by atoms with E-state index in [4.69, 9.17) is 9.84 Å². The lowest BCUT2D eigenvalue weighted by atomic mass is 9.97. The first-order valence-electron chi connectivity index (χ1n) is 7.29. The highest BCUT2D eigenvalue weighted by atomic mass is 16.5. The Labute approximate surface area is 124 Å². The number of ether oxygens (including phenoxy) is 1. The fourth-order valence-corrected chi connectivity index (χ4v) is 2.91. The molecular formula is C18H18O3. The molecule has 0 amide bonds. The summed E-state index contributed by atoms with van der Waals surface area (Å²) in [5.41, 5.74) is 4.51. The number of carboxylic acids is 1. The van der Waals surface area contributed by atoms with E-state index in [0.717, 1.165) is 41.9 Å². The second-order valence-corrected chi connectivity index (χ2v) is 5.36. The highest BCUT2D eigenvalue weighted by Crippen LogP contribution is 2.35. The van der Waals surface area contributed by atoms with Crippen LogP contribution in [0.3, 0.4) is 0 Å². The molecule has 0 spiro atoms. The van der Waals surface area contributed by atoms with Gasteiger partial charge in [0.05, 0.1) is 6.42 Å². The molecule has 0 unspecified atom stereocenters. The first-order chi connectivity index (χ1) is 10.2. The van der Waals surface area contributed by atoms with Crippen molar-refractivity contribution in [3.8, 4) is 11.5 Å². The highest BCUT2D eigenvalue weighted by molar-refractivity contribution is 5.70. The maximum Gasteiger partial charge on any atom is 0.307 e. The molecule has 0 saturated heterocycles. The van der Waals surface area contributed by atoms with E-state index in [1.807, 2.05) is 30.3 Å². The summed E-state index contributed by atoms with van der Waals surface area (Å²) in [5, 5.41) is 8.91. The SMILES string of the molecule is CCc1cccc2c1CCc1cc(CC(=O)O)ccc1O2. The standard InChI is InChI=1S/C18H18O3/c1-2-13-4-3-5-17-15(13)8-7-14-10-12(11-18(19)20)6-9-16(14)21-17/h3-6,9-10H,2,7-8,11H2,1H3,(H,19,20). The number of carbonyl (C=O) groups is 1. The van der Waals surface area contributed by atoms with Gasteiger partial charge in [0.1, 0.15) is 11.5 Å². The van der Waals surface area contributed by atoms with Crippen LogP contribution in [0.4, 0.5) is 0 Å². The van der Waals surface area contributed by atoms with Crippen LogP contribution in [-0.2, 0) is 30.5 Å². The summed E-state index contributed by atoms with van der Waals surface area (Å²) in [5.74, 6) is 0.969. The molecule has 0 saturated carbocycles. The normalized spacial score (nSPS) is 12.8. The predicted octanol–water partition coefficient (Wildman–Crippen LogP) is 3.77. The Morgan fingerprint density at radius 3 is 2.81 bits per heavy atom. The molecule has 3 nitrogen and oxygen atoms in total. The van der Waals surface area contributed by atoms with Crippen molar-refractivity contribution >= 4 is 5.97 Å². The van der Waals surface area contributed by atoms with E-state index in [1.165, 1.54) is 11.1 Å². The van der Waals surface area contributed by atoms with Gasteiger partial charge in [-0.15, -0.1) is 0 Å². The first kappa shape index (κ1) is 13.7. The van der Waals surface area contributed by atoms with Gasteiger partial charge in [-0.05, 0) is 53.6 Å². The largest absolute Gasteiger partial charge is 0.481 e. The summed E-state index contributed by atoms with van der Waals surface area (Å²) in [6, 6.07) is 11.9. The summed E-state index contributed by atoms with van der Waals surface area (Å²) in [6.45, 7) is 2.15. The van der Waals surface area contributed by atoms with E-state index in [-0.39, 0.29) is 6.42 Å². The van der Waals surface area contributed by atoms with Crippen molar-refractivity contribution in [3.63, 3.8) is 0 Å². The zero-order valence-electron chi connectivity index (χ0n) is 12.1. The van der Waals surface area contributed by atoms with Crippen molar-refractivity contribution in [2.75, 3.05) is 0 Å². The molecular weight excluding hydrogens is 264 g/mol. The first-order valence-corrected chi connectivity index (χ1v) is 7.29. The fraction of sp³-hybridized carbons (Fsp3) is 0.278. The van der Waals surface area contributed by atoms with E-state index in [1.54, 1.807) is 0 Å². The number of hydrogen-bond donors (Lipinski definition) is 1. The van der Waals surface area contributed by atoms with Crippen LogP contribution < -0.4 is 4.74 Å². The zero-order chi connectivity index (χ0) is 14.8. The minimum absolute atomic E-state index is 0.0560. The Morgan fingerprint density at radius 1 is 1.19 bits per heavy atom. The molecule has 1 N–H and O–H groups in total. The quantitative estimate of drug-likeness (QED) is 0.932. The maximum absolute atomic E-state index is 10.8. The van der Waals surface area contributed by atoms with Gasteiger partial charge in [0.15, 0.2) is 0 Å². The van der Waals surface area contributed by atoms with Gasteiger partial charge in [-0.3, -0.25) is 4.79 Å². The molecule has 2 aromatic rings. The van der Waals surface area contributed by atoms with Gasteiger partial charge >= 0.3 is 5.97 Å². The van der Waals surface area contributed by atoms with Gasteiger partial charge < -0.3 is 9.84 Å². The monoisotopic (exact) mass is 282 g/mol. The van der Waals surface area contributed by atoms with Gasteiger partial charge in [0, 0.05) is 0 Å². The molecule has 108 valence electrons. The lowest BCUT2D eigenvalue weighted by molar-refractivity contribution is -0.136. The highest BCUT2D eigenvalue weighted by Gasteiger charge is 2.17. The van der Waals surface area contributed by atoms with Crippen LogP contribution in [0.15, 0.2) is 36.4 Å². The van der Waals surface area contributed by atoms with Crippen molar-refractivity contribution in [1.29, 1.82) is 0 Å². The van der Waals surface area contributed by atoms with E-state index in [2.05, 4.69) is 13.0 Å². The lowest BCUT2D eigenvalue weighted by Crippen LogP contribution is -2.01. The summed E-state index contributed by atoms with van der Waals surface area (Å²) in [4.78, 5) is 10.8. The lowest BCUT2D eigenvalue weighted by Gasteiger charge is -2.11. The smallest absolute Gasteiger partial charge is 0.307 e. The maximum atomic E-state index is 10.8. The van der Waals surface area contributed by atoms with Gasteiger partial charge in [-0.25, -0.2) is 0 Å². The van der Waals surface area contributed by atoms with Crippen LogP contribution in [0.1, 0.15) is 29.2 Å². The molecule has 0 radical (unpaired) electrons. The van der Waals surface area contributed by atoms with Crippen molar-refractivity contribution in [2.24, 2.45) is 0 Å². The van der Waals surface area contributed by atoms with Gasteiger partial charge in [-0.1, -0.05) is 31.2 Å². The number of fused-ring (bicyclic) bond motifs is 2. The van der Waals surface area contributed by atoms with Crippen LogP contribution in [0.5, 0.6) is 11.5 Å². The molecule has 0 aliphatic carbocycles. The number of benzene rings is 2. The van der Waals surface area contributed by atoms with Crippen LogP contribution >= 0.6 is 0 Å². The molecule has 1 aliphatic heterocycles. The van der Waals surface area contributed by atoms with Crippen LogP contribution in [0.2, 0.25) is 0 Å². The Kier molecular flexibility index (Phi) is 3.65. The van der Waals surface area contributed by atoms with E-state index >= 15 is 0 Å². The van der Waals surface area contributed by atoms with E-state index in [0.29, 0.717) is 0 Å². The molecule has 1 aliphatic rings. The minimum Gasteiger partial charge on any atom is -0.481 e. The molecule has 21 heavy (non-hydrogen) atoms. The molecule has 0 aromatic heterocycles. The van der Waals surface area contributed by atoms with Crippen LogP contribution in [-0.4, -0.2) is 11.1 Å². The third-order valence-corrected chi connectivity index (χ3v) is 3.96. The van der Waals surface area contributed by atoms with Gasteiger partial charge in [0.2, 0.25) is 0 Å². The average molecular weight is 282 g/mol. The third kappa shape index (κ3) is 2.77. The number of rotatable bonds is 3. The predicted molar refractivity (Wildman–Crippen MR) is 81.1 cm³/mol. The fourth-order valence-electron chi connectivity index (χ4n) is 2.91. The van der Waals surface area contributed by atoms with Crippen molar-refractivity contribution < 1.29 is 14.6 Å². The summed E-state index contributed by atoms with van der Waals surface area (Å²) in [6.07, 6.45) is 2.86. The molecule has 0 bridgehead atoms. The molecule has 3 heteroatoms. The summed E-state index contributed by atoms with van der Waals surface area (Å²) >= 11 is 0. The Bertz CT molecular complexity index is 689. The number of hydrogen-bond acceptors (Lipinski definition) is 2. The molecule has 0 atom stereocenters. The topological polar surface area (TPSA) is 46.5 Å². The van der Waals surface area contributed by atoms with Gasteiger partial charge in [0.25, 0.3) is 0 Å². The van der Waals surface area contributed by atoms with Crippen LogP contribution in [0.25, 0.3) is 0 Å².